The Balaban J connectivity index is 2.16. The molecule has 1 aliphatic heterocycles. The van der Waals surface area contributed by atoms with Crippen LogP contribution in [0.5, 0.6) is 5.75 Å². The number of carboxylic acids is 1. The molecule has 2 unspecified atom stereocenters. The maximum absolute atomic E-state index is 12.2. The summed E-state index contributed by atoms with van der Waals surface area (Å²) in [5, 5.41) is 21.0. The van der Waals surface area contributed by atoms with E-state index in [4.69, 9.17) is 15.6 Å². The van der Waals surface area contributed by atoms with Gasteiger partial charge in [0, 0.05) is 17.8 Å². The van der Waals surface area contributed by atoms with E-state index in [-0.39, 0.29) is 18.1 Å². The second kappa shape index (κ2) is 5.10. The van der Waals surface area contributed by atoms with Gasteiger partial charge in [-0.2, -0.15) is 0 Å². The van der Waals surface area contributed by atoms with E-state index in [0.29, 0.717) is 12.3 Å². The summed E-state index contributed by atoms with van der Waals surface area (Å²) in [6.07, 6.45) is 0. The van der Waals surface area contributed by atoms with Crippen molar-refractivity contribution >= 4 is 17.6 Å². The summed E-state index contributed by atoms with van der Waals surface area (Å²) in [6, 6.07) is 3.41. The number of carbonyl (C=O) groups excluding carboxylic acids is 1. The van der Waals surface area contributed by atoms with Crippen molar-refractivity contribution in [2.24, 2.45) is 11.1 Å². The standard InChI is InChI=1S/C13H16N2O5/c1-13(6-20-5-10(13)14)12(19)15-7-2-3-8(11(17)18)9(16)4-7/h2-4,10,16H,5-6,14H2,1H3,(H,15,19)(H,17,18). The first kappa shape index (κ1) is 14.3. The molecule has 7 heteroatoms. The number of hydrogen-bond donors (Lipinski definition) is 4. The molecule has 1 aliphatic rings. The van der Waals surface area contributed by atoms with Gasteiger partial charge in [-0.05, 0) is 19.1 Å². The van der Waals surface area contributed by atoms with Crippen LogP contribution in [0, 0.1) is 5.41 Å². The highest BCUT2D eigenvalue weighted by Crippen LogP contribution is 2.29. The van der Waals surface area contributed by atoms with Gasteiger partial charge in [0.2, 0.25) is 5.91 Å². The molecule has 0 radical (unpaired) electrons. The lowest BCUT2D eigenvalue weighted by molar-refractivity contribution is -0.125. The Hall–Kier alpha value is -2.12. The van der Waals surface area contributed by atoms with Crippen LogP contribution < -0.4 is 11.1 Å². The molecule has 1 heterocycles. The lowest BCUT2D eigenvalue weighted by Crippen LogP contribution is -2.47. The van der Waals surface area contributed by atoms with Gasteiger partial charge in [0.1, 0.15) is 11.3 Å². The molecular formula is C13H16N2O5. The Labute approximate surface area is 115 Å². The van der Waals surface area contributed by atoms with Gasteiger partial charge in [-0.3, -0.25) is 4.79 Å². The van der Waals surface area contributed by atoms with Gasteiger partial charge in [-0.1, -0.05) is 0 Å². The highest BCUT2D eigenvalue weighted by atomic mass is 16.5. The summed E-state index contributed by atoms with van der Waals surface area (Å²) in [7, 11) is 0. The number of rotatable bonds is 3. The number of nitrogens with two attached hydrogens (primary N) is 1. The fraction of sp³-hybridized carbons (Fsp3) is 0.385. The van der Waals surface area contributed by atoms with Crippen LogP contribution in [0.25, 0.3) is 0 Å². The number of nitrogens with one attached hydrogen (secondary N) is 1. The van der Waals surface area contributed by atoms with Crippen molar-refractivity contribution < 1.29 is 24.5 Å². The summed E-state index contributed by atoms with van der Waals surface area (Å²) in [6.45, 7) is 2.23. The number of ether oxygens (including phenoxy) is 1. The van der Waals surface area contributed by atoms with Crippen molar-refractivity contribution in [3.63, 3.8) is 0 Å². The first-order valence-electron chi connectivity index (χ1n) is 6.05. The molecule has 1 aromatic rings. The predicted octanol–water partition coefficient (Wildman–Crippen LogP) is 0.393. The van der Waals surface area contributed by atoms with Crippen molar-refractivity contribution in [1.82, 2.24) is 0 Å². The number of aromatic hydroxyl groups is 1. The third-order valence-electron chi connectivity index (χ3n) is 3.52. The smallest absolute Gasteiger partial charge is 0.339 e. The maximum atomic E-state index is 12.2. The molecular weight excluding hydrogens is 264 g/mol. The molecule has 0 spiro atoms. The number of carboxylic acid groups (broad SMARTS) is 1. The molecule has 7 nitrogen and oxygen atoms in total. The second-order valence-corrected chi connectivity index (χ2v) is 5.03. The number of aromatic carboxylic acids is 1. The molecule has 2 atom stereocenters. The van der Waals surface area contributed by atoms with Gasteiger partial charge in [0.15, 0.2) is 0 Å². The Morgan fingerprint density at radius 1 is 1.50 bits per heavy atom. The highest BCUT2D eigenvalue weighted by Gasteiger charge is 2.44. The topological polar surface area (TPSA) is 122 Å². The third kappa shape index (κ3) is 2.45. The third-order valence-corrected chi connectivity index (χ3v) is 3.52. The van der Waals surface area contributed by atoms with Gasteiger partial charge in [-0.25, -0.2) is 4.79 Å². The largest absolute Gasteiger partial charge is 0.507 e. The van der Waals surface area contributed by atoms with Crippen LogP contribution in [0.4, 0.5) is 5.69 Å². The summed E-state index contributed by atoms with van der Waals surface area (Å²) in [4.78, 5) is 23.0. The first-order chi connectivity index (χ1) is 9.34. The Morgan fingerprint density at radius 3 is 2.70 bits per heavy atom. The second-order valence-electron chi connectivity index (χ2n) is 5.03. The van der Waals surface area contributed by atoms with E-state index < -0.39 is 23.2 Å². The molecule has 1 fully saturated rings. The van der Waals surface area contributed by atoms with E-state index in [0.717, 1.165) is 0 Å². The number of amides is 1. The number of phenols is 1. The van der Waals surface area contributed by atoms with Crippen LogP contribution in [-0.2, 0) is 9.53 Å². The van der Waals surface area contributed by atoms with Crippen molar-refractivity contribution in [2.45, 2.75) is 13.0 Å². The van der Waals surface area contributed by atoms with E-state index >= 15 is 0 Å². The van der Waals surface area contributed by atoms with Crippen molar-refractivity contribution in [2.75, 3.05) is 18.5 Å². The number of benzene rings is 1. The fourth-order valence-corrected chi connectivity index (χ4v) is 1.99. The SMILES string of the molecule is CC1(C(=O)Nc2ccc(C(=O)O)c(O)c2)COCC1N. The van der Waals surface area contributed by atoms with Crippen molar-refractivity contribution in [3.05, 3.63) is 23.8 Å². The van der Waals surface area contributed by atoms with Gasteiger partial charge < -0.3 is 26.0 Å². The van der Waals surface area contributed by atoms with E-state index in [1.54, 1.807) is 6.92 Å². The monoisotopic (exact) mass is 280 g/mol. The Bertz CT molecular complexity index is 560. The number of anilines is 1. The molecule has 5 N–H and O–H groups in total. The van der Waals surface area contributed by atoms with Gasteiger partial charge >= 0.3 is 5.97 Å². The van der Waals surface area contributed by atoms with Crippen molar-refractivity contribution in [1.29, 1.82) is 0 Å². The molecule has 0 saturated carbocycles. The zero-order chi connectivity index (χ0) is 14.9. The number of carbonyl (C=O) groups is 2. The molecule has 1 amide bonds. The summed E-state index contributed by atoms with van der Waals surface area (Å²) >= 11 is 0. The molecule has 1 aromatic carbocycles. The van der Waals surface area contributed by atoms with Gasteiger partial charge in [0.05, 0.1) is 18.6 Å². The summed E-state index contributed by atoms with van der Waals surface area (Å²) in [5.74, 6) is -1.98. The van der Waals surface area contributed by atoms with Crippen LogP contribution in [0.3, 0.4) is 0 Å². The minimum absolute atomic E-state index is 0.221. The molecule has 0 aliphatic carbocycles. The van der Waals surface area contributed by atoms with E-state index in [1.165, 1.54) is 18.2 Å². The Morgan fingerprint density at radius 2 is 2.20 bits per heavy atom. The molecule has 108 valence electrons. The quantitative estimate of drug-likeness (QED) is 0.635. The fourth-order valence-electron chi connectivity index (χ4n) is 1.99. The lowest BCUT2D eigenvalue weighted by atomic mass is 9.85. The molecule has 0 aromatic heterocycles. The zero-order valence-corrected chi connectivity index (χ0v) is 10.9. The van der Waals surface area contributed by atoms with Crippen LogP contribution in [0.15, 0.2) is 18.2 Å². The average Bonchev–Trinajstić information content (AvgIpc) is 2.70. The van der Waals surface area contributed by atoms with Gasteiger partial charge in [0.25, 0.3) is 0 Å². The highest BCUT2D eigenvalue weighted by molar-refractivity contribution is 5.97. The van der Waals surface area contributed by atoms with Crippen LogP contribution in [0.2, 0.25) is 0 Å². The molecule has 2 rings (SSSR count). The summed E-state index contributed by atoms with van der Waals surface area (Å²) < 4.78 is 5.19. The average molecular weight is 280 g/mol. The minimum Gasteiger partial charge on any atom is -0.507 e. The van der Waals surface area contributed by atoms with Crippen LogP contribution >= 0.6 is 0 Å². The van der Waals surface area contributed by atoms with Crippen LogP contribution in [0.1, 0.15) is 17.3 Å². The Kier molecular flexibility index (Phi) is 3.65. The summed E-state index contributed by atoms with van der Waals surface area (Å²) in [5.41, 5.74) is 5.08. The predicted molar refractivity (Wildman–Crippen MR) is 70.6 cm³/mol. The molecule has 20 heavy (non-hydrogen) atoms. The first-order valence-corrected chi connectivity index (χ1v) is 6.05. The van der Waals surface area contributed by atoms with E-state index in [2.05, 4.69) is 5.32 Å². The van der Waals surface area contributed by atoms with Crippen molar-refractivity contribution in [3.8, 4) is 5.75 Å². The van der Waals surface area contributed by atoms with E-state index in [9.17, 15) is 14.7 Å². The van der Waals surface area contributed by atoms with E-state index in [1.807, 2.05) is 0 Å². The lowest BCUT2D eigenvalue weighted by Gasteiger charge is -2.25. The van der Waals surface area contributed by atoms with Crippen LogP contribution in [-0.4, -0.2) is 41.3 Å². The normalized spacial score (nSPS) is 25.4. The zero-order valence-electron chi connectivity index (χ0n) is 10.9. The van der Waals surface area contributed by atoms with Gasteiger partial charge in [-0.15, -0.1) is 0 Å². The number of hydrogen-bond acceptors (Lipinski definition) is 5. The molecule has 1 saturated heterocycles. The minimum atomic E-state index is -1.24. The molecule has 0 bridgehead atoms. The maximum Gasteiger partial charge on any atom is 0.339 e.